The molecule has 1 aliphatic carbocycles. The summed E-state index contributed by atoms with van der Waals surface area (Å²) in [6, 6.07) is 1.63. The van der Waals surface area contributed by atoms with Crippen molar-refractivity contribution in [2.45, 2.75) is 96.7 Å². The second kappa shape index (κ2) is 7.26. The first kappa shape index (κ1) is 16.3. The van der Waals surface area contributed by atoms with Crippen molar-refractivity contribution in [2.24, 2.45) is 5.92 Å². The third kappa shape index (κ3) is 3.39. The van der Waals surface area contributed by atoms with Crippen molar-refractivity contribution in [3.8, 4) is 0 Å². The van der Waals surface area contributed by atoms with E-state index in [1.807, 2.05) is 0 Å². The summed E-state index contributed by atoms with van der Waals surface area (Å²) in [4.78, 5) is 2.91. The largest absolute Gasteiger partial charge is 0.308 e. The fraction of sp³-hybridized carbons (Fsp3) is 1.00. The zero-order valence-electron chi connectivity index (χ0n) is 14.3. The minimum Gasteiger partial charge on any atom is -0.308 e. The van der Waals surface area contributed by atoms with Crippen LogP contribution in [0.5, 0.6) is 0 Å². The van der Waals surface area contributed by atoms with Crippen LogP contribution >= 0.6 is 0 Å². The van der Waals surface area contributed by atoms with Gasteiger partial charge in [0.1, 0.15) is 0 Å². The quantitative estimate of drug-likeness (QED) is 0.812. The van der Waals surface area contributed by atoms with E-state index in [1.54, 1.807) is 0 Å². The lowest BCUT2D eigenvalue weighted by atomic mass is 9.80. The van der Waals surface area contributed by atoms with E-state index in [4.69, 9.17) is 0 Å². The molecule has 2 nitrogen and oxygen atoms in total. The average molecular weight is 280 g/mol. The Morgan fingerprint density at radius 1 is 1.05 bits per heavy atom. The number of nitrogens with one attached hydrogen (secondary N) is 1. The molecule has 1 saturated heterocycles. The second-order valence-corrected chi connectivity index (χ2v) is 7.20. The Morgan fingerprint density at radius 2 is 1.80 bits per heavy atom. The molecule has 118 valence electrons. The van der Waals surface area contributed by atoms with Crippen LogP contribution in [0, 0.1) is 5.92 Å². The molecule has 1 heterocycles. The molecule has 0 spiro atoms. The van der Waals surface area contributed by atoms with Gasteiger partial charge in [-0.2, -0.15) is 0 Å². The van der Waals surface area contributed by atoms with Gasteiger partial charge in [-0.05, 0) is 38.0 Å². The van der Waals surface area contributed by atoms with E-state index in [2.05, 4.69) is 37.9 Å². The molecule has 2 aliphatic rings. The molecule has 1 saturated carbocycles. The van der Waals surface area contributed by atoms with Gasteiger partial charge in [0.2, 0.25) is 0 Å². The summed E-state index contributed by atoms with van der Waals surface area (Å²) in [5.41, 5.74) is 0.380. The maximum atomic E-state index is 3.89. The Labute approximate surface area is 126 Å². The number of piperazine rings is 1. The monoisotopic (exact) mass is 280 g/mol. The van der Waals surface area contributed by atoms with Crippen LogP contribution in [0.3, 0.4) is 0 Å². The van der Waals surface area contributed by atoms with Crippen molar-refractivity contribution in [1.82, 2.24) is 10.2 Å². The van der Waals surface area contributed by atoms with E-state index in [0.29, 0.717) is 5.54 Å². The molecule has 0 amide bonds. The predicted molar refractivity (Wildman–Crippen MR) is 88.1 cm³/mol. The molecule has 1 N–H and O–H groups in total. The van der Waals surface area contributed by atoms with Crippen molar-refractivity contribution in [2.75, 3.05) is 13.1 Å². The SMILES string of the molecule is CCC1CCCC(N2CC(CC)(CC)NCC2CC)C1. The van der Waals surface area contributed by atoms with Crippen molar-refractivity contribution < 1.29 is 0 Å². The molecule has 2 rings (SSSR count). The third-order valence-corrected chi connectivity index (χ3v) is 6.29. The first-order valence-electron chi connectivity index (χ1n) is 9.18. The van der Waals surface area contributed by atoms with E-state index >= 15 is 0 Å². The minimum atomic E-state index is 0.380. The summed E-state index contributed by atoms with van der Waals surface area (Å²) in [7, 11) is 0. The summed E-state index contributed by atoms with van der Waals surface area (Å²) in [6.45, 7) is 11.9. The van der Waals surface area contributed by atoms with Crippen LogP contribution in [0.4, 0.5) is 0 Å². The normalized spacial score (nSPS) is 35.1. The van der Waals surface area contributed by atoms with Crippen LogP contribution in [0.2, 0.25) is 0 Å². The van der Waals surface area contributed by atoms with E-state index in [9.17, 15) is 0 Å². The van der Waals surface area contributed by atoms with Crippen LogP contribution in [0.15, 0.2) is 0 Å². The van der Waals surface area contributed by atoms with Crippen LogP contribution in [-0.2, 0) is 0 Å². The summed E-state index contributed by atoms with van der Waals surface area (Å²) in [5, 5.41) is 3.89. The van der Waals surface area contributed by atoms with Gasteiger partial charge < -0.3 is 5.32 Å². The van der Waals surface area contributed by atoms with Crippen LogP contribution < -0.4 is 5.32 Å². The second-order valence-electron chi connectivity index (χ2n) is 7.20. The molecule has 0 aromatic heterocycles. The zero-order valence-corrected chi connectivity index (χ0v) is 14.3. The molecule has 2 heteroatoms. The molecular weight excluding hydrogens is 244 g/mol. The Morgan fingerprint density at radius 3 is 2.40 bits per heavy atom. The first-order chi connectivity index (χ1) is 9.68. The highest BCUT2D eigenvalue weighted by Crippen LogP contribution is 2.34. The Hall–Kier alpha value is -0.0800. The molecule has 3 atom stereocenters. The van der Waals surface area contributed by atoms with Gasteiger partial charge in [-0.15, -0.1) is 0 Å². The van der Waals surface area contributed by atoms with Gasteiger partial charge in [0, 0.05) is 30.7 Å². The number of hydrogen-bond acceptors (Lipinski definition) is 2. The fourth-order valence-electron chi connectivity index (χ4n) is 4.45. The molecule has 0 aromatic carbocycles. The molecule has 3 unspecified atom stereocenters. The Bertz CT molecular complexity index is 285. The van der Waals surface area contributed by atoms with Gasteiger partial charge in [-0.3, -0.25) is 4.90 Å². The van der Waals surface area contributed by atoms with Crippen molar-refractivity contribution >= 4 is 0 Å². The predicted octanol–water partition coefficient (Wildman–Crippen LogP) is 4.20. The van der Waals surface area contributed by atoms with E-state index in [1.165, 1.54) is 64.5 Å². The third-order valence-electron chi connectivity index (χ3n) is 6.29. The van der Waals surface area contributed by atoms with Crippen molar-refractivity contribution in [1.29, 1.82) is 0 Å². The summed E-state index contributed by atoms with van der Waals surface area (Å²) in [6.07, 6.45) is 11.0. The van der Waals surface area contributed by atoms with Gasteiger partial charge in [-0.25, -0.2) is 0 Å². The molecule has 0 bridgehead atoms. The molecule has 20 heavy (non-hydrogen) atoms. The highest BCUT2D eigenvalue weighted by atomic mass is 15.3. The van der Waals surface area contributed by atoms with E-state index in [-0.39, 0.29) is 0 Å². The molecule has 1 aliphatic heterocycles. The fourth-order valence-corrected chi connectivity index (χ4v) is 4.45. The number of hydrogen-bond donors (Lipinski definition) is 1. The molecule has 0 aromatic rings. The number of nitrogens with zero attached hydrogens (tertiary/aromatic N) is 1. The van der Waals surface area contributed by atoms with Gasteiger partial charge >= 0.3 is 0 Å². The zero-order chi connectivity index (χ0) is 14.6. The lowest BCUT2D eigenvalue weighted by molar-refractivity contribution is 0.0125. The van der Waals surface area contributed by atoms with E-state index in [0.717, 1.165) is 18.0 Å². The maximum Gasteiger partial charge on any atom is 0.0304 e. The molecule has 0 radical (unpaired) electrons. The topological polar surface area (TPSA) is 15.3 Å². The van der Waals surface area contributed by atoms with Crippen LogP contribution in [0.1, 0.15) is 79.1 Å². The number of rotatable bonds is 5. The summed E-state index contributed by atoms with van der Waals surface area (Å²) >= 11 is 0. The van der Waals surface area contributed by atoms with Gasteiger partial charge in [0.25, 0.3) is 0 Å². The molecular formula is C18H36N2. The van der Waals surface area contributed by atoms with Crippen LogP contribution in [0.25, 0.3) is 0 Å². The van der Waals surface area contributed by atoms with Crippen LogP contribution in [-0.4, -0.2) is 35.6 Å². The van der Waals surface area contributed by atoms with Crippen molar-refractivity contribution in [3.63, 3.8) is 0 Å². The summed E-state index contributed by atoms with van der Waals surface area (Å²) in [5.74, 6) is 0.985. The van der Waals surface area contributed by atoms with Gasteiger partial charge in [0.05, 0.1) is 0 Å². The van der Waals surface area contributed by atoms with Gasteiger partial charge in [0.15, 0.2) is 0 Å². The lowest BCUT2D eigenvalue weighted by Crippen LogP contribution is -2.66. The summed E-state index contributed by atoms with van der Waals surface area (Å²) < 4.78 is 0. The first-order valence-corrected chi connectivity index (χ1v) is 9.18. The molecule has 2 fully saturated rings. The highest BCUT2D eigenvalue weighted by Gasteiger charge is 2.39. The minimum absolute atomic E-state index is 0.380. The van der Waals surface area contributed by atoms with E-state index < -0.39 is 0 Å². The Balaban J connectivity index is 2.08. The van der Waals surface area contributed by atoms with Crippen molar-refractivity contribution in [3.05, 3.63) is 0 Å². The Kier molecular flexibility index (Phi) is 5.92. The van der Waals surface area contributed by atoms with Gasteiger partial charge in [-0.1, -0.05) is 47.0 Å². The smallest absolute Gasteiger partial charge is 0.0304 e. The highest BCUT2D eigenvalue weighted by molar-refractivity contribution is 4.99. The average Bonchev–Trinajstić information content (AvgIpc) is 2.54. The standard InChI is InChI=1S/C18H36N2/c1-5-15-10-9-11-17(12-15)20-14-18(7-3,8-4)19-13-16(20)6-2/h15-17,19H,5-14H2,1-4H3. The maximum absolute atomic E-state index is 3.89. The lowest BCUT2D eigenvalue weighted by Gasteiger charge is -2.51.